The number of anilines is 2. The van der Waals surface area contributed by atoms with Crippen LogP contribution >= 0.6 is 0 Å². The average molecular weight is 290 g/mol. The highest BCUT2D eigenvalue weighted by Gasteiger charge is 2.29. The summed E-state index contributed by atoms with van der Waals surface area (Å²) in [6.07, 6.45) is -1.28. The zero-order valence-corrected chi connectivity index (χ0v) is 10.9. The number of hydrogen-bond acceptors (Lipinski definition) is 5. The second kappa shape index (κ2) is 6.27. The van der Waals surface area contributed by atoms with Crippen LogP contribution in [0.5, 0.6) is 0 Å². The summed E-state index contributed by atoms with van der Waals surface area (Å²) in [5.74, 6) is 0. The van der Waals surface area contributed by atoms with E-state index in [1.165, 1.54) is 0 Å². The number of nitrogens with zero attached hydrogens (tertiary/aromatic N) is 3. The summed E-state index contributed by atoms with van der Waals surface area (Å²) in [5, 5.41) is 0. The number of alkyl halides is 3. The number of rotatable bonds is 4. The summed E-state index contributed by atoms with van der Waals surface area (Å²) < 4.78 is 39.4. The molecule has 1 aliphatic heterocycles. The van der Waals surface area contributed by atoms with Crippen LogP contribution in [0, 0.1) is 0 Å². The molecule has 0 bridgehead atoms. The van der Waals surface area contributed by atoms with Gasteiger partial charge in [-0.25, -0.2) is 0 Å². The molecule has 0 saturated carbocycles. The van der Waals surface area contributed by atoms with Crippen molar-refractivity contribution in [3.8, 4) is 0 Å². The molecule has 20 heavy (non-hydrogen) atoms. The predicted octanol–water partition coefficient (Wildman–Crippen LogP) is 1.32. The zero-order chi connectivity index (χ0) is 14.6. The second-order valence-electron chi connectivity index (χ2n) is 4.56. The lowest BCUT2D eigenvalue weighted by atomic mass is 10.2. The molecule has 1 aromatic rings. The van der Waals surface area contributed by atoms with Crippen LogP contribution in [0.1, 0.15) is 0 Å². The van der Waals surface area contributed by atoms with Crippen LogP contribution < -0.4 is 10.6 Å². The number of ether oxygens (including phenoxy) is 1. The number of halogens is 3. The van der Waals surface area contributed by atoms with E-state index < -0.39 is 6.36 Å². The van der Waals surface area contributed by atoms with Gasteiger partial charge < -0.3 is 10.6 Å². The van der Waals surface area contributed by atoms with E-state index in [0.717, 1.165) is 18.8 Å². The van der Waals surface area contributed by atoms with Crippen LogP contribution in [-0.4, -0.2) is 55.6 Å². The molecule has 0 radical (unpaired) electrons. The number of nitrogens with two attached hydrogens (primary N) is 1. The van der Waals surface area contributed by atoms with Crippen molar-refractivity contribution in [2.45, 2.75) is 6.36 Å². The Balaban J connectivity index is 1.77. The molecule has 0 aliphatic carbocycles. The second-order valence-corrected chi connectivity index (χ2v) is 4.56. The van der Waals surface area contributed by atoms with Gasteiger partial charge in [-0.3, -0.25) is 14.6 Å². The summed E-state index contributed by atoms with van der Waals surface area (Å²) in [5.41, 5.74) is 7.39. The lowest BCUT2D eigenvalue weighted by Gasteiger charge is -2.36. The summed E-state index contributed by atoms with van der Waals surface area (Å²) >= 11 is 0. The molecule has 2 rings (SSSR count). The van der Waals surface area contributed by atoms with E-state index in [-0.39, 0.29) is 13.2 Å². The zero-order valence-electron chi connectivity index (χ0n) is 10.9. The molecule has 1 fully saturated rings. The molecule has 0 unspecified atom stereocenters. The van der Waals surface area contributed by atoms with Crippen molar-refractivity contribution in [1.82, 2.24) is 9.88 Å². The third-order valence-corrected chi connectivity index (χ3v) is 3.21. The van der Waals surface area contributed by atoms with Crippen molar-refractivity contribution in [2.75, 3.05) is 50.0 Å². The average Bonchev–Trinajstić information content (AvgIpc) is 2.39. The first-order valence-electron chi connectivity index (χ1n) is 6.33. The number of nitrogen functional groups attached to an aromatic ring is 1. The van der Waals surface area contributed by atoms with Gasteiger partial charge in [0.15, 0.2) is 0 Å². The van der Waals surface area contributed by atoms with Gasteiger partial charge in [0.05, 0.1) is 24.2 Å². The lowest BCUT2D eigenvalue weighted by Crippen LogP contribution is -2.47. The summed E-state index contributed by atoms with van der Waals surface area (Å²) in [6, 6.07) is 1.84. The third kappa shape index (κ3) is 4.24. The maximum atomic E-state index is 11.9. The van der Waals surface area contributed by atoms with E-state index in [1.807, 2.05) is 11.0 Å². The molecular formula is C12H17F3N4O. The Morgan fingerprint density at radius 3 is 2.55 bits per heavy atom. The van der Waals surface area contributed by atoms with Gasteiger partial charge in [0.25, 0.3) is 0 Å². The molecule has 8 heteroatoms. The first kappa shape index (κ1) is 14.9. The van der Waals surface area contributed by atoms with Crippen LogP contribution in [0.25, 0.3) is 0 Å². The van der Waals surface area contributed by atoms with Gasteiger partial charge in [-0.15, -0.1) is 13.2 Å². The fourth-order valence-corrected chi connectivity index (χ4v) is 2.19. The van der Waals surface area contributed by atoms with E-state index in [9.17, 15) is 13.2 Å². The van der Waals surface area contributed by atoms with Gasteiger partial charge in [-0.1, -0.05) is 0 Å². The monoisotopic (exact) mass is 290 g/mol. The molecule has 0 atom stereocenters. The standard InChI is InChI=1S/C12H17F3N4O/c13-12(14,15)20-8-7-18-3-5-19(6-4-18)11-1-2-17-9-10(11)16/h1-2,9H,3-8,16H2. The van der Waals surface area contributed by atoms with Crippen LogP contribution in [0.4, 0.5) is 24.5 Å². The number of piperazine rings is 1. The van der Waals surface area contributed by atoms with Gasteiger partial charge >= 0.3 is 6.36 Å². The minimum absolute atomic E-state index is 0.277. The van der Waals surface area contributed by atoms with Crippen LogP contribution in [-0.2, 0) is 4.74 Å². The molecule has 1 aliphatic rings. The van der Waals surface area contributed by atoms with E-state index >= 15 is 0 Å². The first-order valence-corrected chi connectivity index (χ1v) is 6.33. The Kier molecular flexibility index (Phi) is 4.66. The van der Waals surface area contributed by atoms with E-state index in [0.29, 0.717) is 18.8 Å². The number of hydrogen-bond donors (Lipinski definition) is 1. The molecule has 1 aromatic heterocycles. The normalized spacial score (nSPS) is 17.4. The van der Waals surface area contributed by atoms with Gasteiger partial charge in [-0.2, -0.15) is 0 Å². The van der Waals surface area contributed by atoms with Gasteiger partial charge in [0.2, 0.25) is 0 Å². The van der Waals surface area contributed by atoms with Gasteiger partial charge in [0, 0.05) is 38.9 Å². The maximum Gasteiger partial charge on any atom is 0.522 e. The Labute approximate surface area is 115 Å². The lowest BCUT2D eigenvalue weighted by molar-refractivity contribution is -0.325. The minimum Gasteiger partial charge on any atom is -0.396 e. The molecule has 0 amide bonds. The fraction of sp³-hybridized carbons (Fsp3) is 0.583. The molecule has 5 nitrogen and oxygen atoms in total. The number of pyridine rings is 1. The molecule has 2 N–H and O–H groups in total. The maximum absolute atomic E-state index is 11.9. The molecular weight excluding hydrogens is 273 g/mol. The van der Waals surface area contributed by atoms with E-state index in [1.54, 1.807) is 12.4 Å². The molecule has 2 heterocycles. The van der Waals surface area contributed by atoms with Crippen molar-refractivity contribution >= 4 is 11.4 Å². The SMILES string of the molecule is Nc1cnccc1N1CCN(CCOC(F)(F)F)CC1. The van der Waals surface area contributed by atoms with Crippen LogP contribution in [0.15, 0.2) is 18.5 Å². The molecule has 1 saturated heterocycles. The van der Waals surface area contributed by atoms with Gasteiger partial charge in [0.1, 0.15) is 0 Å². The summed E-state index contributed by atoms with van der Waals surface area (Å²) in [6.45, 7) is 2.76. The highest BCUT2D eigenvalue weighted by Crippen LogP contribution is 2.22. The summed E-state index contributed by atoms with van der Waals surface area (Å²) in [7, 11) is 0. The van der Waals surface area contributed by atoms with Crippen LogP contribution in [0.2, 0.25) is 0 Å². The number of aromatic nitrogens is 1. The van der Waals surface area contributed by atoms with Crippen molar-refractivity contribution in [2.24, 2.45) is 0 Å². The summed E-state index contributed by atoms with van der Waals surface area (Å²) in [4.78, 5) is 7.99. The van der Waals surface area contributed by atoms with Gasteiger partial charge in [-0.05, 0) is 6.07 Å². The molecule has 112 valence electrons. The first-order chi connectivity index (χ1) is 9.46. The van der Waals surface area contributed by atoms with E-state index in [2.05, 4.69) is 14.6 Å². The largest absolute Gasteiger partial charge is 0.522 e. The molecule has 0 spiro atoms. The highest BCUT2D eigenvalue weighted by molar-refractivity contribution is 5.66. The third-order valence-electron chi connectivity index (χ3n) is 3.21. The Morgan fingerprint density at radius 1 is 1.25 bits per heavy atom. The topological polar surface area (TPSA) is 54.6 Å². The Morgan fingerprint density at radius 2 is 1.95 bits per heavy atom. The van der Waals surface area contributed by atoms with Crippen molar-refractivity contribution in [3.63, 3.8) is 0 Å². The Hall–Kier alpha value is -1.54. The Bertz CT molecular complexity index is 433. The van der Waals surface area contributed by atoms with Crippen molar-refractivity contribution in [1.29, 1.82) is 0 Å². The predicted molar refractivity (Wildman–Crippen MR) is 69.3 cm³/mol. The quantitative estimate of drug-likeness (QED) is 0.906. The minimum atomic E-state index is -4.55. The van der Waals surface area contributed by atoms with E-state index in [4.69, 9.17) is 5.73 Å². The molecule has 0 aromatic carbocycles. The highest BCUT2D eigenvalue weighted by atomic mass is 19.4. The van der Waals surface area contributed by atoms with Crippen molar-refractivity contribution in [3.05, 3.63) is 18.5 Å². The smallest absolute Gasteiger partial charge is 0.396 e. The fourth-order valence-electron chi connectivity index (χ4n) is 2.19. The van der Waals surface area contributed by atoms with Crippen molar-refractivity contribution < 1.29 is 17.9 Å². The van der Waals surface area contributed by atoms with Crippen LogP contribution in [0.3, 0.4) is 0 Å².